The molecule has 4 rings (SSSR count). The fraction of sp³-hybridized carbons (Fsp3) is 0.211. The summed E-state index contributed by atoms with van der Waals surface area (Å²) in [5, 5.41) is 10.8. The Bertz CT molecular complexity index is 908. The Morgan fingerprint density at radius 2 is 1.88 bits per heavy atom. The molecule has 0 spiro atoms. The van der Waals surface area contributed by atoms with E-state index < -0.39 is 0 Å². The maximum Gasteiger partial charge on any atom is 0.247 e. The normalized spacial score (nSPS) is 12.2. The molecule has 1 N–H and O–H groups in total. The third kappa shape index (κ3) is 3.66. The van der Waals surface area contributed by atoms with E-state index in [1.807, 2.05) is 48.5 Å². The van der Waals surface area contributed by atoms with Crippen molar-refractivity contribution in [2.75, 3.05) is 6.79 Å². The highest BCUT2D eigenvalue weighted by molar-refractivity contribution is 5.76. The van der Waals surface area contributed by atoms with Gasteiger partial charge in [-0.05, 0) is 36.2 Å². The molecule has 1 amide bonds. The van der Waals surface area contributed by atoms with Crippen molar-refractivity contribution in [3.8, 4) is 23.0 Å². The van der Waals surface area contributed by atoms with Gasteiger partial charge < -0.3 is 19.2 Å². The molecule has 1 aliphatic heterocycles. The Balaban J connectivity index is 1.27. The van der Waals surface area contributed by atoms with Crippen molar-refractivity contribution >= 4 is 5.91 Å². The number of rotatable bonds is 6. The number of hydrogen-bond donors (Lipinski definition) is 1. The molecule has 1 aromatic heterocycles. The van der Waals surface area contributed by atoms with Gasteiger partial charge in [-0.3, -0.25) is 4.79 Å². The molecule has 1 aliphatic rings. The molecule has 2 heterocycles. The zero-order chi connectivity index (χ0) is 17.8. The molecule has 3 aromatic rings. The Morgan fingerprint density at radius 1 is 1.04 bits per heavy atom. The zero-order valence-electron chi connectivity index (χ0n) is 14.0. The van der Waals surface area contributed by atoms with Gasteiger partial charge in [-0.25, -0.2) is 0 Å². The van der Waals surface area contributed by atoms with Crippen LogP contribution < -0.4 is 14.8 Å². The van der Waals surface area contributed by atoms with Crippen LogP contribution in [0.4, 0.5) is 0 Å². The molecule has 132 valence electrons. The summed E-state index contributed by atoms with van der Waals surface area (Å²) in [5.74, 6) is 2.20. The summed E-state index contributed by atoms with van der Waals surface area (Å²) in [6.45, 7) is 0.453. The smallest absolute Gasteiger partial charge is 0.247 e. The molecule has 7 heteroatoms. The Hall–Kier alpha value is -3.35. The van der Waals surface area contributed by atoms with Crippen molar-refractivity contribution in [2.45, 2.75) is 19.4 Å². The van der Waals surface area contributed by atoms with E-state index in [2.05, 4.69) is 15.5 Å². The first kappa shape index (κ1) is 16.1. The van der Waals surface area contributed by atoms with E-state index in [0.29, 0.717) is 24.6 Å². The van der Waals surface area contributed by atoms with Crippen molar-refractivity contribution in [1.29, 1.82) is 0 Å². The van der Waals surface area contributed by atoms with E-state index >= 15 is 0 Å². The van der Waals surface area contributed by atoms with Crippen molar-refractivity contribution in [2.24, 2.45) is 0 Å². The Morgan fingerprint density at radius 3 is 2.77 bits per heavy atom. The summed E-state index contributed by atoms with van der Waals surface area (Å²) >= 11 is 0. The lowest BCUT2D eigenvalue weighted by molar-refractivity contribution is -0.121. The average molecular weight is 351 g/mol. The van der Waals surface area contributed by atoms with E-state index in [9.17, 15) is 4.79 Å². The summed E-state index contributed by atoms with van der Waals surface area (Å²) in [7, 11) is 0. The maximum absolute atomic E-state index is 12.0. The summed E-state index contributed by atoms with van der Waals surface area (Å²) < 4.78 is 16.2. The van der Waals surface area contributed by atoms with Crippen LogP contribution in [0.2, 0.25) is 0 Å². The Kier molecular flexibility index (Phi) is 4.51. The predicted octanol–water partition coefficient (Wildman–Crippen LogP) is 2.71. The third-order valence-corrected chi connectivity index (χ3v) is 4.00. The van der Waals surface area contributed by atoms with Crippen LogP contribution in [-0.2, 0) is 17.8 Å². The highest BCUT2D eigenvalue weighted by Gasteiger charge is 2.14. The first-order valence-electron chi connectivity index (χ1n) is 8.31. The van der Waals surface area contributed by atoms with Crippen molar-refractivity contribution < 1.29 is 18.7 Å². The number of amides is 1. The second kappa shape index (κ2) is 7.26. The van der Waals surface area contributed by atoms with E-state index in [-0.39, 0.29) is 19.2 Å². The molecule has 0 fully saturated rings. The van der Waals surface area contributed by atoms with Gasteiger partial charge >= 0.3 is 0 Å². The number of ether oxygens (including phenoxy) is 2. The van der Waals surface area contributed by atoms with Gasteiger partial charge in [0.2, 0.25) is 24.5 Å². The number of nitrogens with one attached hydrogen (secondary N) is 1. The standard InChI is InChI=1S/C19H17N3O4/c23-17(9-7-13-6-8-15-16(10-13)25-12-24-15)20-11-18-21-22-19(26-18)14-4-2-1-3-5-14/h1-6,8,10H,7,9,11-12H2,(H,20,23). The molecule has 0 atom stereocenters. The highest BCUT2D eigenvalue weighted by Crippen LogP contribution is 2.32. The van der Waals surface area contributed by atoms with Gasteiger partial charge in [-0.2, -0.15) is 0 Å². The maximum atomic E-state index is 12.0. The van der Waals surface area contributed by atoms with Gasteiger partial charge in [0.25, 0.3) is 0 Å². The number of hydrogen-bond acceptors (Lipinski definition) is 6. The quantitative estimate of drug-likeness (QED) is 0.735. The van der Waals surface area contributed by atoms with Crippen LogP contribution in [0.25, 0.3) is 11.5 Å². The summed E-state index contributed by atoms with van der Waals surface area (Å²) in [6.07, 6.45) is 0.973. The number of benzene rings is 2. The zero-order valence-corrected chi connectivity index (χ0v) is 14.0. The van der Waals surface area contributed by atoms with Crippen LogP contribution >= 0.6 is 0 Å². The van der Waals surface area contributed by atoms with E-state index in [0.717, 1.165) is 22.6 Å². The van der Waals surface area contributed by atoms with Gasteiger partial charge in [0.05, 0.1) is 6.54 Å². The van der Waals surface area contributed by atoms with Gasteiger partial charge in [-0.1, -0.05) is 24.3 Å². The van der Waals surface area contributed by atoms with E-state index in [1.54, 1.807) is 0 Å². The second-order valence-corrected chi connectivity index (χ2v) is 5.83. The van der Waals surface area contributed by atoms with Crippen molar-refractivity contribution in [3.05, 3.63) is 60.0 Å². The molecule has 0 saturated heterocycles. The van der Waals surface area contributed by atoms with Crippen molar-refractivity contribution in [3.63, 3.8) is 0 Å². The van der Waals surface area contributed by atoms with Crippen LogP contribution in [0.3, 0.4) is 0 Å². The number of carbonyl (C=O) groups excluding carboxylic acids is 1. The molecular weight excluding hydrogens is 334 g/mol. The predicted molar refractivity (Wildman–Crippen MR) is 92.5 cm³/mol. The molecule has 0 unspecified atom stereocenters. The fourth-order valence-corrected chi connectivity index (χ4v) is 2.64. The minimum atomic E-state index is -0.0814. The lowest BCUT2D eigenvalue weighted by atomic mass is 10.1. The fourth-order valence-electron chi connectivity index (χ4n) is 2.64. The minimum Gasteiger partial charge on any atom is -0.454 e. The van der Waals surface area contributed by atoms with Gasteiger partial charge in [-0.15, -0.1) is 10.2 Å². The number of nitrogens with zero attached hydrogens (tertiary/aromatic N) is 2. The average Bonchev–Trinajstić information content (AvgIpc) is 3.34. The van der Waals surface area contributed by atoms with Crippen LogP contribution in [0.5, 0.6) is 11.5 Å². The molecule has 26 heavy (non-hydrogen) atoms. The number of carbonyl (C=O) groups is 1. The number of aryl methyl sites for hydroxylation is 1. The monoisotopic (exact) mass is 351 g/mol. The minimum absolute atomic E-state index is 0.0814. The van der Waals surface area contributed by atoms with Crippen LogP contribution in [0.15, 0.2) is 52.9 Å². The van der Waals surface area contributed by atoms with Crippen LogP contribution in [0.1, 0.15) is 17.9 Å². The van der Waals surface area contributed by atoms with Gasteiger partial charge in [0, 0.05) is 12.0 Å². The Labute approximate surface area is 150 Å². The first-order chi connectivity index (χ1) is 12.8. The van der Waals surface area contributed by atoms with Gasteiger partial charge in [0.15, 0.2) is 11.5 Å². The molecule has 2 aromatic carbocycles. The largest absolute Gasteiger partial charge is 0.454 e. The SMILES string of the molecule is O=C(CCc1ccc2c(c1)OCO2)NCc1nnc(-c2ccccc2)o1. The molecule has 0 aliphatic carbocycles. The molecule has 7 nitrogen and oxygen atoms in total. The number of fused-ring (bicyclic) bond motifs is 1. The van der Waals surface area contributed by atoms with Crippen LogP contribution in [0, 0.1) is 0 Å². The molecule has 0 bridgehead atoms. The molecule has 0 radical (unpaired) electrons. The summed E-state index contributed by atoms with van der Waals surface area (Å²) in [4.78, 5) is 12.0. The van der Waals surface area contributed by atoms with Gasteiger partial charge in [0.1, 0.15) is 0 Å². The third-order valence-electron chi connectivity index (χ3n) is 4.00. The second-order valence-electron chi connectivity index (χ2n) is 5.83. The highest BCUT2D eigenvalue weighted by atomic mass is 16.7. The van der Waals surface area contributed by atoms with E-state index in [1.165, 1.54) is 0 Å². The molecule has 0 saturated carbocycles. The first-order valence-corrected chi connectivity index (χ1v) is 8.31. The summed E-state index contributed by atoms with van der Waals surface area (Å²) in [6, 6.07) is 15.2. The lowest BCUT2D eigenvalue weighted by Gasteiger charge is -2.04. The molecular formula is C19H17N3O4. The van der Waals surface area contributed by atoms with E-state index in [4.69, 9.17) is 13.9 Å². The van der Waals surface area contributed by atoms with Crippen LogP contribution in [-0.4, -0.2) is 22.9 Å². The topological polar surface area (TPSA) is 86.5 Å². The summed E-state index contributed by atoms with van der Waals surface area (Å²) in [5.41, 5.74) is 1.87. The lowest BCUT2D eigenvalue weighted by Crippen LogP contribution is -2.23. The number of aromatic nitrogens is 2. The van der Waals surface area contributed by atoms with Crippen molar-refractivity contribution in [1.82, 2.24) is 15.5 Å².